The van der Waals surface area contributed by atoms with Gasteiger partial charge in [-0.25, -0.2) is 4.39 Å². The van der Waals surface area contributed by atoms with E-state index in [1.54, 1.807) is 6.92 Å². The summed E-state index contributed by atoms with van der Waals surface area (Å²) in [6.45, 7) is 2.03. The Bertz CT molecular complexity index is 504. The molecule has 4 N–H and O–H groups in total. The Morgan fingerprint density at radius 3 is 2.30 bits per heavy atom. The van der Waals surface area contributed by atoms with Gasteiger partial charge in [-0.05, 0) is 49.3 Å². The summed E-state index contributed by atoms with van der Waals surface area (Å²) in [5, 5.41) is 0. The van der Waals surface area contributed by atoms with E-state index in [2.05, 4.69) is 0 Å². The number of halogens is 4. The van der Waals surface area contributed by atoms with Crippen LogP contribution in [0.25, 0.3) is 0 Å². The van der Waals surface area contributed by atoms with Gasteiger partial charge >= 0.3 is 6.18 Å². The predicted molar refractivity (Wildman–Crippen MR) is 68.6 cm³/mol. The predicted octanol–water partition coefficient (Wildman–Crippen LogP) is 2.94. The van der Waals surface area contributed by atoms with E-state index < -0.39 is 28.5 Å². The Morgan fingerprint density at radius 2 is 1.85 bits per heavy atom. The quantitative estimate of drug-likeness (QED) is 0.838. The standard InChI is InChI=1S/C14H18F4N2/c1-12(20,8-19)7-13(4-5-13)9-2-3-11(15)10(6-9)14(16,17)18/h2-3,6H,4-5,7-8,19-20H2,1H3. The summed E-state index contributed by atoms with van der Waals surface area (Å²) < 4.78 is 51.6. The van der Waals surface area contributed by atoms with Crippen molar-refractivity contribution in [1.82, 2.24) is 0 Å². The van der Waals surface area contributed by atoms with Crippen LogP contribution in [0.1, 0.15) is 37.3 Å². The van der Waals surface area contributed by atoms with Crippen LogP contribution in [-0.4, -0.2) is 12.1 Å². The summed E-state index contributed by atoms with van der Waals surface area (Å²) >= 11 is 0. The van der Waals surface area contributed by atoms with Crippen molar-refractivity contribution in [3.05, 3.63) is 35.1 Å². The lowest BCUT2D eigenvalue weighted by Gasteiger charge is -2.29. The van der Waals surface area contributed by atoms with Crippen LogP contribution in [0, 0.1) is 5.82 Å². The molecule has 1 atom stereocenters. The van der Waals surface area contributed by atoms with Crippen LogP contribution in [0.2, 0.25) is 0 Å². The maximum absolute atomic E-state index is 13.3. The Labute approximate surface area is 115 Å². The first-order chi connectivity index (χ1) is 9.10. The van der Waals surface area contributed by atoms with Gasteiger partial charge in [-0.15, -0.1) is 0 Å². The van der Waals surface area contributed by atoms with Gasteiger partial charge in [0.2, 0.25) is 0 Å². The van der Waals surface area contributed by atoms with Gasteiger partial charge in [-0.2, -0.15) is 13.2 Å². The number of hydrogen-bond acceptors (Lipinski definition) is 2. The van der Waals surface area contributed by atoms with Gasteiger partial charge in [0.15, 0.2) is 0 Å². The number of nitrogens with two attached hydrogens (primary N) is 2. The molecular formula is C14H18F4N2. The minimum absolute atomic E-state index is 0.252. The Kier molecular flexibility index (Phi) is 3.59. The third-order valence-corrected chi connectivity index (χ3v) is 3.95. The molecule has 6 heteroatoms. The Balaban J connectivity index is 2.35. The zero-order valence-electron chi connectivity index (χ0n) is 11.2. The molecule has 0 spiro atoms. The van der Waals surface area contributed by atoms with E-state index >= 15 is 0 Å². The van der Waals surface area contributed by atoms with Crippen molar-refractivity contribution in [3.63, 3.8) is 0 Å². The van der Waals surface area contributed by atoms with Crippen molar-refractivity contribution in [2.75, 3.05) is 6.54 Å². The van der Waals surface area contributed by atoms with Gasteiger partial charge in [0.1, 0.15) is 5.82 Å². The number of benzene rings is 1. The lowest BCUT2D eigenvalue weighted by molar-refractivity contribution is -0.140. The number of alkyl halides is 3. The fourth-order valence-electron chi connectivity index (χ4n) is 2.64. The van der Waals surface area contributed by atoms with Crippen molar-refractivity contribution in [3.8, 4) is 0 Å². The van der Waals surface area contributed by atoms with Crippen LogP contribution in [0.15, 0.2) is 18.2 Å². The highest BCUT2D eigenvalue weighted by atomic mass is 19.4. The Morgan fingerprint density at radius 1 is 1.25 bits per heavy atom. The molecule has 20 heavy (non-hydrogen) atoms. The molecule has 112 valence electrons. The van der Waals surface area contributed by atoms with E-state index in [1.807, 2.05) is 0 Å². The molecule has 1 aliphatic rings. The summed E-state index contributed by atoms with van der Waals surface area (Å²) in [4.78, 5) is 0. The van der Waals surface area contributed by atoms with E-state index in [0.717, 1.165) is 25.0 Å². The smallest absolute Gasteiger partial charge is 0.329 e. The zero-order valence-corrected chi connectivity index (χ0v) is 11.2. The molecule has 1 aliphatic carbocycles. The molecule has 2 nitrogen and oxygen atoms in total. The van der Waals surface area contributed by atoms with Crippen LogP contribution in [0.3, 0.4) is 0 Å². The van der Waals surface area contributed by atoms with Gasteiger partial charge in [-0.1, -0.05) is 6.07 Å². The molecule has 1 saturated carbocycles. The maximum Gasteiger partial charge on any atom is 0.419 e. The van der Waals surface area contributed by atoms with Crippen molar-refractivity contribution in [1.29, 1.82) is 0 Å². The molecule has 0 aromatic heterocycles. The third kappa shape index (κ3) is 2.96. The van der Waals surface area contributed by atoms with E-state index in [1.165, 1.54) is 6.07 Å². The fraction of sp³-hybridized carbons (Fsp3) is 0.571. The first kappa shape index (κ1) is 15.3. The minimum atomic E-state index is -4.68. The second-order valence-corrected chi connectivity index (χ2v) is 6.01. The van der Waals surface area contributed by atoms with E-state index in [-0.39, 0.29) is 6.54 Å². The normalized spacial score (nSPS) is 20.6. The fourth-order valence-corrected chi connectivity index (χ4v) is 2.64. The van der Waals surface area contributed by atoms with Crippen molar-refractivity contribution in [2.24, 2.45) is 11.5 Å². The highest BCUT2D eigenvalue weighted by molar-refractivity contribution is 5.37. The largest absolute Gasteiger partial charge is 0.419 e. The van der Waals surface area contributed by atoms with Gasteiger partial charge in [-0.3, -0.25) is 0 Å². The lowest BCUT2D eigenvalue weighted by atomic mass is 9.82. The highest BCUT2D eigenvalue weighted by Gasteiger charge is 2.48. The summed E-state index contributed by atoms with van der Waals surface area (Å²) in [6, 6.07) is 3.22. The third-order valence-electron chi connectivity index (χ3n) is 3.95. The van der Waals surface area contributed by atoms with E-state index in [9.17, 15) is 17.6 Å². The molecule has 1 fully saturated rings. The number of hydrogen-bond donors (Lipinski definition) is 2. The molecule has 0 saturated heterocycles. The average molecular weight is 290 g/mol. The first-order valence-electron chi connectivity index (χ1n) is 6.46. The van der Waals surface area contributed by atoms with Crippen LogP contribution >= 0.6 is 0 Å². The topological polar surface area (TPSA) is 52.0 Å². The summed E-state index contributed by atoms with van der Waals surface area (Å²) in [5.74, 6) is -1.24. The molecule has 1 aromatic rings. The Hall–Kier alpha value is -1.14. The van der Waals surface area contributed by atoms with E-state index in [4.69, 9.17) is 11.5 Å². The number of rotatable bonds is 4. The van der Waals surface area contributed by atoms with Crippen molar-refractivity contribution >= 4 is 0 Å². The molecular weight excluding hydrogens is 272 g/mol. The lowest BCUT2D eigenvalue weighted by Crippen LogP contribution is -2.46. The molecule has 0 heterocycles. The van der Waals surface area contributed by atoms with Crippen LogP contribution in [-0.2, 0) is 11.6 Å². The monoisotopic (exact) mass is 290 g/mol. The molecule has 0 bridgehead atoms. The molecule has 0 amide bonds. The molecule has 2 rings (SSSR count). The molecule has 0 aliphatic heterocycles. The molecule has 0 radical (unpaired) electrons. The first-order valence-corrected chi connectivity index (χ1v) is 6.46. The maximum atomic E-state index is 13.3. The van der Waals surface area contributed by atoms with Gasteiger partial charge in [0, 0.05) is 12.1 Å². The second kappa shape index (κ2) is 4.70. The van der Waals surface area contributed by atoms with Crippen LogP contribution in [0.4, 0.5) is 17.6 Å². The van der Waals surface area contributed by atoms with Gasteiger partial charge in [0.25, 0.3) is 0 Å². The van der Waals surface area contributed by atoms with Gasteiger partial charge in [0.05, 0.1) is 5.56 Å². The van der Waals surface area contributed by atoms with Gasteiger partial charge < -0.3 is 11.5 Å². The average Bonchev–Trinajstić information content (AvgIpc) is 3.08. The van der Waals surface area contributed by atoms with Crippen molar-refractivity contribution in [2.45, 2.75) is 43.3 Å². The van der Waals surface area contributed by atoms with Crippen LogP contribution in [0.5, 0.6) is 0 Å². The summed E-state index contributed by atoms with van der Waals surface area (Å²) in [7, 11) is 0. The molecule has 1 aromatic carbocycles. The van der Waals surface area contributed by atoms with E-state index in [0.29, 0.717) is 12.0 Å². The minimum Gasteiger partial charge on any atom is -0.329 e. The second-order valence-electron chi connectivity index (χ2n) is 6.01. The molecule has 1 unspecified atom stereocenters. The van der Waals surface area contributed by atoms with Crippen LogP contribution < -0.4 is 11.5 Å². The SMILES string of the molecule is CC(N)(CN)CC1(c2ccc(F)c(C(F)(F)F)c2)CC1. The highest BCUT2D eigenvalue weighted by Crippen LogP contribution is 2.53. The zero-order chi connectivity index (χ0) is 15.2. The summed E-state index contributed by atoms with van der Waals surface area (Å²) in [6.07, 6.45) is -2.68. The van der Waals surface area contributed by atoms with Crippen molar-refractivity contribution < 1.29 is 17.6 Å². The summed E-state index contributed by atoms with van der Waals surface area (Å²) in [5.41, 5.74) is 9.84.